The molecule has 0 saturated carbocycles. The summed E-state index contributed by atoms with van der Waals surface area (Å²) >= 11 is 0. The molecular weight excluding hydrogens is 306 g/mol. The molecule has 126 valence electrons. The molecule has 0 atom stereocenters. The van der Waals surface area contributed by atoms with E-state index in [1.54, 1.807) is 11.8 Å². The summed E-state index contributed by atoms with van der Waals surface area (Å²) in [7, 11) is 3.47. The highest BCUT2D eigenvalue weighted by Crippen LogP contribution is 2.25. The van der Waals surface area contributed by atoms with E-state index in [1.807, 2.05) is 39.1 Å². The first-order valence-corrected chi connectivity index (χ1v) is 7.86. The molecule has 1 amide bonds. The lowest BCUT2D eigenvalue weighted by Gasteiger charge is -2.08. The number of anilines is 1. The van der Waals surface area contributed by atoms with E-state index < -0.39 is 0 Å². The molecule has 0 unspecified atom stereocenters. The molecule has 2 heterocycles. The Morgan fingerprint density at radius 3 is 2.92 bits per heavy atom. The molecule has 0 aliphatic carbocycles. The Labute approximate surface area is 140 Å². The molecule has 2 N–H and O–H groups in total. The quantitative estimate of drug-likeness (QED) is 0.753. The summed E-state index contributed by atoms with van der Waals surface area (Å²) in [5.74, 6) is 1.26. The predicted octanol–water partition coefficient (Wildman–Crippen LogP) is 2.36. The van der Waals surface area contributed by atoms with Gasteiger partial charge in [-0.1, -0.05) is 19.1 Å². The van der Waals surface area contributed by atoms with Crippen LogP contribution >= 0.6 is 0 Å². The molecule has 24 heavy (non-hydrogen) atoms. The van der Waals surface area contributed by atoms with E-state index in [2.05, 4.69) is 20.6 Å². The van der Waals surface area contributed by atoms with Crippen molar-refractivity contribution < 1.29 is 9.53 Å². The van der Waals surface area contributed by atoms with Crippen molar-refractivity contribution in [3.63, 3.8) is 0 Å². The van der Waals surface area contributed by atoms with E-state index in [1.165, 1.54) is 0 Å². The highest BCUT2D eigenvalue weighted by Gasteiger charge is 2.17. The van der Waals surface area contributed by atoms with Crippen molar-refractivity contribution in [3.05, 3.63) is 35.0 Å². The van der Waals surface area contributed by atoms with Gasteiger partial charge in [-0.3, -0.25) is 9.89 Å². The van der Waals surface area contributed by atoms with Crippen LogP contribution in [0.3, 0.4) is 0 Å². The first kappa shape index (κ1) is 16.0. The number of aryl methyl sites for hydroxylation is 3. The summed E-state index contributed by atoms with van der Waals surface area (Å²) in [6.45, 7) is 4.00. The average Bonchev–Trinajstić information content (AvgIpc) is 3.11. The second kappa shape index (κ2) is 6.35. The van der Waals surface area contributed by atoms with E-state index in [-0.39, 0.29) is 12.3 Å². The standard InChI is InChI=1S/C17H21N5O2/c1-5-12-15-16(19-20-17(15)22(3)21-12)18-14(23)9-11-7-6-10(2)13(8-11)24-4/h6-8H,5,9H2,1-4H3,(H2,18,19,20,23). The van der Waals surface area contributed by atoms with Crippen LogP contribution in [0.25, 0.3) is 11.0 Å². The van der Waals surface area contributed by atoms with Crippen LogP contribution in [-0.2, 0) is 24.7 Å². The lowest BCUT2D eigenvalue weighted by atomic mass is 10.1. The van der Waals surface area contributed by atoms with Gasteiger partial charge >= 0.3 is 0 Å². The third-order valence-corrected chi connectivity index (χ3v) is 4.05. The molecule has 7 nitrogen and oxygen atoms in total. The number of carbonyl (C=O) groups excluding carboxylic acids is 1. The van der Waals surface area contributed by atoms with Gasteiger partial charge in [-0.2, -0.15) is 10.2 Å². The van der Waals surface area contributed by atoms with Gasteiger partial charge in [0, 0.05) is 7.05 Å². The van der Waals surface area contributed by atoms with Crippen molar-refractivity contribution in [3.8, 4) is 5.75 Å². The summed E-state index contributed by atoms with van der Waals surface area (Å²) in [5, 5.41) is 15.3. The summed E-state index contributed by atoms with van der Waals surface area (Å²) in [6, 6.07) is 5.77. The minimum atomic E-state index is -0.114. The van der Waals surface area contributed by atoms with Crippen LogP contribution in [0.4, 0.5) is 5.82 Å². The molecule has 0 aliphatic heterocycles. The van der Waals surface area contributed by atoms with Crippen LogP contribution in [0.15, 0.2) is 18.2 Å². The smallest absolute Gasteiger partial charge is 0.229 e. The SMILES string of the molecule is CCc1nn(C)c2n[nH]c(NC(=O)Cc3ccc(C)c(OC)c3)c12. The maximum Gasteiger partial charge on any atom is 0.229 e. The Kier molecular flexibility index (Phi) is 4.24. The normalized spacial score (nSPS) is 11.0. The first-order chi connectivity index (χ1) is 11.5. The third-order valence-electron chi connectivity index (χ3n) is 4.05. The van der Waals surface area contributed by atoms with E-state index in [0.29, 0.717) is 5.82 Å². The maximum atomic E-state index is 12.4. The van der Waals surface area contributed by atoms with Gasteiger partial charge in [0.1, 0.15) is 11.6 Å². The Bertz CT molecular complexity index is 894. The Balaban J connectivity index is 1.80. The van der Waals surface area contributed by atoms with E-state index >= 15 is 0 Å². The molecule has 3 aromatic rings. The third kappa shape index (κ3) is 2.84. The number of nitrogens with zero attached hydrogens (tertiary/aromatic N) is 3. The fourth-order valence-corrected chi connectivity index (χ4v) is 2.80. The van der Waals surface area contributed by atoms with Crippen molar-refractivity contribution in [1.29, 1.82) is 0 Å². The zero-order chi connectivity index (χ0) is 17.3. The van der Waals surface area contributed by atoms with Crippen LogP contribution in [-0.4, -0.2) is 33.0 Å². The van der Waals surface area contributed by atoms with Gasteiger partial charge in [0.05, 0.1) is 24.6 Å². The van der Waals surface area contributed by atoms with Crippen molar-refractivity contribution >= 4 is 22.8 Å². The fraction of sp³-hybridized carbons (Fsp3) is 0.353. The molecule has 2 aromatic heterocycles. The van der Waals surface area contributed by atoms with Gasteiger partial charge in [-0.05, 0) is 30.5 Å². The van der Waals surface area contributed by atoms with Crippen LogP contribution in [0, 0.1) is 6.92 Å². The number of fused-ring (bicyclic) bond motifs is 1. The molecule has 0 bridgehead atoms. The summed E-state index contributed by atoms with van der Waals surface area (Å²) in [5.41, 5.74) is 3.58. The fourth-order valence-electron chi connectivity index (χ4n) is 2.80. The van der Waals surface area contributed by atoms with E-state index in [4.69, 9.17) is 4.74 Å². The van der Waals surface area contributed by atoms with Crippen molar-refractivity contribution in [2.45, 2.75) is 26.7 Å². The number of aromatic amines is 1. The van der Waals surface area contributed by atoms with Gasteiger partial charge in [-0.25, -0.2) is 4.68 Å². The molecule has 0 spiro atoms. The van der Waals surface area contributed by atoms with Gasteiger partial charge in [0.25, 0.3) is 0 Å². The number of aromatic nitrogens is 4. The van der Waals surface area contributed by atoms with Gasteiger partial charge in [0.15, 0.2) is 5.65 Å². The number of ether oxygens (including phenoxy) is 1. The van der Waals surface area contributed by atoms with Crippen molar-refractivity contribution in [1.82, 2.24) is 20.0 Å². The van der Waals surface area contributed by atoms with Gasteiger partial charge in [-0.15, -0.1) is 0 Å². The van der Waals surface area contributed by atoms with Crippen molar-refractivity contribution in [2.75, 3.05) is 12.4 Å². The molecular formula is C17H21N5O2. The number of rotatable bonds is 5. The van der Waals surface area contributed by atoms with Crippen LogP contribution in [0.5, 0.6) is 5.75 Å². The van der Waals surface area contributed by atoms with Gasteiger partial charge in [0.2, 0.25) is 5.91 Å². The Hall–Kier alpha value is -2.83. The summed E-state index contributed by atoms with van der Waals surface area (Å²) < 4.78 is 7.02. The Morgan fingerprint density at radius 2 is 2.21 bits per heavy atom. The lowest BCUT2D eigenvalue weighted by molar-refractivity contribution is -0.115. The zero-order valence-electron chi connectivity index (χ0n) is 14.3. The van der Waals surface area contributed by atoms with Crippen LogP contribution in [0.2, 0.25) is 0 Å². The minimum absolute atomic E-state index is 0.114. The number of amides is 1. The minimum Gasteiger partial charge on any atom is -0.496 e. The molecule has 7 heteroatoms. The number of hydrogen-bond acceptors (Lipinski definition) is 4. The zero-order valence-corrected chi connectivity index (χ0v) is 14.3. The topological polar surface area (TPSA) is 84.8 Å². The summed E-state index contributed by atoms with van der Waals surface area (Å²) in [6.07, 6.45) is 1.04. The number of hydrogen-bond donors (Lipinski definition) is 2. The average molecular weight is 327 g/mol. The molecule has 1 aromatic carbocycles. The number of methoxy groups -OCH3 is 1. The first-order valence-electron chi connectivity index (χ1n) is 7.86. The molecule has 0 aliphatic rings. The Morgan fingerprint density at radius 1 is 1.42 bits per heavy atom. The predicted molar refractivity (Wildman–Crippen MR) is 92.3 cm³/mol. The second-order valence-corrected chi connectivity index (χ2v) is 5.75. The van der Waals surface area contributed by atoms with Crippen LogP contribution in [0.1, 0.15) is 23.7 Å². The van der Waals surface area contributed by atoms with Crippen LogP contribution < -0.4 is 10.1 Å². The number of carbonyl (C=O) groups is 1. The number of H-pyrrole nitrogens is 1. The molecule has 0 radical (unpaired) electrons. The highest BCUT2D eigenvalue weighted by molar-refractivity contribution is 6.00. The van der Waals surface area contributed by atoms with E-state index in [9.17, 15) is 4.79 Å². The van der Waals surface area contributed by atoms with E-state index in [0.717, 1.165) is 40.0 Å². The largest absolute Gasteiger partial charge is 0.496 e. The number of nitrogens with one attached hydrogen (secondary N) is 2. The molecule has 3 rings (SSSR count). The maximum absolute atomic E-state index is 12.4. The summed E-state index contributed by atoms with van der Waals surface area (Å²) in [4.78, 5) is 12.4. The van der Waals surface area contributed by atoms with Gasteiger partial charge < -0.3 is 10.1 Å². The lowest BCUT2D eigenvalue weighted by Crippen LogP contribution is -2.15. The molecule has 0 saturated heterocycles. The monoisotopic (exact) mass is 327 g/mol. The number of benzene rings is 1. The van der Waals surface area contributed by atoms with Crippen molar-refractivity contribution in [2.24, 2.45) is 7.05 Å². The molecule has 0 fully saturated rings. The second-order valence-electron chi connectivity index (χ2n) is 5.75. The highest BCUT2D eigenvalue weighted by atomic mass is 16.5.